The number of carbonyl (C=O) groups excluding carboxylic acids is 1. The van der Waals surface area contributed by atoms with Gasteiger partial charge in [-0.2, -0.15) is 0 Å². The van der Waals surface area contributed by atoms with E-state index in [1.165, 1.54) is 44.9 Å². The summed E-state index contributed by atoms with van der Waals surface area (Å²) >= 11 is 0. The van der Waals surface area contributed by atoms with Gasteiger partial charge in [0.25, 0.3) is 0 Å². The molecule has 1 heterocycles. The number of aliphatic hydroxyl groups excluding tert-OH is 1. The third-order valence-electron chi connectivity index (χ3n) is 13.7. The molecule has 5 saturated carbocycles. The minimum absolute atomic E-state index is 0.00911. The minimum atomic E-state index is -0.163. The summed E-state index contributed by atoms with van der Waals surface area (Å²) in [6, 6.07) is 0. The van der Waals surface area contributed by atoms with Crippen molar-refractivity contribution in [1.82, 2.24) is 0 Å². The van der Waals surface area contributed by atoms with Crippen LogP contribution in [0.25, 0.3) is 0 Å². The Bertz CT molecular complexity index is 906. The first kappa shape index (κ1) is 22.6. The van der Waals surface area contributed by atoms with Gasteiger partial charge in [0.15, 0.2) is 0 Å². The normalized spacial score (nSPS) is 59.1. The van der Waals surface area contributed by atoms with Crippen LogP contribution in [0.4, 0.5) is 0 Å². The first-order chi connectivity index (χ1) is 15.3. The number of carbonyl (C=O) groups is 1. The Morgan fingerprint density at radius 2 is 1.61 bits per heavy atom. The van der Waals surface area contributed by atoms with Crippen molar-refractivity contribution in [3.05, 3.63) is 12.2 Å². The predicted octanol–water partition coefficient (Wildman–Crippen LogP) is 6.54. The number of aliphatic hydroxyl groups is 1. The van der Waals surface area contributed by atoms with Gasteiger partial charge in [-0.05, 0) is 109 Å². The molecule has 0 aromatic heterocycles. The lowest BCUT2D eigenvalue weighted by Crippen LogP contribution is -2.66. The van der Waals surface area contributed by atoms with Crippen molar-refractivity contribution >= 4 is 5.97 Å². The molecule has 11 atom stereocenters. The fourth-order valence-corrected chi connectivity index (χ4v) is 11.9. The van der Waals surface area contributed by atoms with Crippen molar-refractivity contribution in [1.29, 1.82) is 0 Å². The summed E-state index contributed by atoms with van der Waals surface area (Å²) in [5, 5.41) is 10.9. The summed E-state index contributed by atoms with van der Waals surface area (Å²) in [6.07, 6.45) is 10.8. The van der Waals surface area contributed by atoms with Gasteiger partial charge in [0.2, 0.25) is 0 Å². The molecule has 3 nitrogen and oxygen atoms in total. The van der Waals surface area contributed by atoms with Crippen LogP contribution in [0.1, 0.15) is 99.3 Å². The highest BCUT2D eigenvalue weighted by Crippen LogP contribution is 2.77. The van der Waals surface area contributed by atoms with E-state index in [0.29, 0.717) is 34.0 Å². The molecule has 6 rings (SSSR count). The molecule has 1 N–H and O–H groups in total. The molecule has 0 bridgehead atoms. The van der Waals surface area contributed by atoms with Gasteiger partial charge in [0.1, 0.15) is 6.10 Å². The van der Waals surface area contributed by atoms with E-state index in [1.54, 1.807) is 0 Å². The molecule has 1 aliphatic heterocycles. The first-order valence-electron chi connectivity index (χ1n) is 13.9. The summed E-state index contributed by atoms with van der Waals surface area (Å²) in [4.78, 5) is 12.4. The van der Waals surface area contributed by atoms with E-state index in [9.17, 15) is 9.90 Å². The van der Waals surface area contributed by atoms with Gasteiger partial charge in [-0.15, -0.1) is 0 Å². The van der Waals surface area contributed by atoms with Crippen LogP contribution < -0.4 is 0 Å². The standard InChI is InChI=1S/C30H46O3/c1-17-23-19(33-25(17)32)16-27(4)14-15-29(6)18(24(23)27)8-9-21-28(5)12-11-22(31)26(2,3)20(28)10-13-30(21,29)7/h18-24,31H,1,8-16H2,2-7H3/t18?,19-,20?,21-,22+,23-,24?,27+,28+,29-,30-/m1/s1. The molecule has 0 aromatic carbocycles. The topological polar surface area (TPSA) is 46.5 Å². The lowest BCUT2D eigenvalue weighted by Gasteiger charge is -2.72. The molecule has 6 aliphatic rings. The molecule has 1 saturated heterocycles. The zero-order valence-corrected chi connectivity index (χ0v) is 21.9. The molecule has 0 amide bonds. The van der Waals surface area contributed by atoms with Crippen LogP contribution in [0.5, 0.6) is 0 Å². The Kier molecular flexibility index (Phi) is 4.44. The number of hydrogen-bond donors (Lipinski definition) is 1. The van der Waals surface area contributed by atoms with Gasteiger partial charge < -0.3 is 9.84 Å². The lowest BCUT2D eigenvalue weighted by atomic mass is 9.32. The summed E-state index contributed by atoms with van der Waals surface area (Å²) in [7, 11) is 0. The fraction of sp³-hybridized carbons (Fsp3) is 0.900. The second-order valence-corrected chi connectivity index (χ2v) is 14.9. The molecule has 3 unspecified atom stereocenters. The lowest BCUT2D eigenvalue weighted by molar-refractivity contribution is -0.246. The molecule has 5 aliphatic carbocycles. The van der Waals surface area contributed by atoms with Crippen LogP contribution in [0.2, 0.25) is 0 Å². The van der Waals surface area contributed by atoms with E-state index in [2.05, 4.69) is 48.1 Å². The highest BCUT2D eigenvalue weighted by atomic mass is 16.6. The van der Waals surface area contributed by atoms with E-state index >= 15 is 0 Å². The number of fused-ring (bicyclic) bond motifs is 9. The van der Waals surface area contributed by atoms with Crippen LogP contribution in [-0.4, -0.2) is 23.3 Å². The largest absolute Gasteiger partial charge is 0.458 e. The molecule has 6 fully saturated rings. The first-order valence-corrected chi connectivity index (χ1v) is 13.9. The average Bonchev–Trinajstić information content (AvgIpc) is 3.17. The van der Waals surface area contributed by atoms with Gasteiger partial charge in [-0.3, -0.25) is 0 Å². The molecule has 0 aromatic rings. The van der Waals surface area contributed by atoms with Gasteiger partial charge >= 0.3 is 5.97 Å². The van der Waals surface area contributed by atoms with Gasteiger partial charge in [0, 0.05) is 11.5 Å². The van der Waals surface area contributed by atoms with Crippen LogP contribution in [0.3, 0.4) is 0 Å². The van der Waals surface area contributed by atoms with Gasteiger partial charge in [-0.1, -0.05) is 48.1 Å². The van der Waals surface area contributed by atoms with E-state index in [-0.39, 0.29) is 34.9 Å². The van der Waals surface area contributed by atoms with Crippen LogP contribution in [0.15, 0.2) is 12.2 Å². The third-order valence-corrected chi connectivity index (χ3v) is 13.7. The quantitative estimate of drug-likeness (QED) is 0.334. The summed E-state index contributed by atoms with van der Waals surface area (Å²) < 4.78 is 5.86. The van der Waals surface area contributed by atoms with E-state index in [0.717, 1.165) is 24.3 Å². The number of hydrogen-bond acceptors (Lipinski definition) is 3. The molecular formula is C30H46O3. The van der Waals surface area contributed by atoms with Crippen molar-refractivity contribution in [2.45, 2.75) is 112 Å². The van der Waals surface area contributed by atoms with Crippen molar-refractivity contribution in [3.63, 3.8) is 0 Å². The second kappa shape index (κ2) is 6.48. The predicted molar refractivity (Wildman–Crippen MR) is 130 cm³/mol. The number of esters is 1. The Morgan fingerprint density at radius 1 is 0.879 bits per heavy atom. The molecule has 33 heavy (non-hydrogen) atoms. The average molecular weight is 455 g/mol. The van der Waals surface area contributed by atoms with Gasteiger partial charge in [0.05, 0.1) is 6.10 Å². The maximum absolute atomic E-state index is 12.4. The number of rotatable bonds is 0. The summed E-state index contributed by atoms with van der Waals surface area (Å²) in [6.45, 7) is 19.3. The smallest absolute Gasteiger partial charge is 0.334 e. The minimum Gasteiger partial charge on any atom is -0.458 e. The molecular weight excluding hydrogens is 408 g/mol. The highest BCUT2D eigenvalue weighted by Gasteiger charge is 2.72. The van der Waals surface area contributed by atoms with E-state index in [4.69, 9.17) is 4.74 Å². The Balaban J connectivity index is 1.40. The third kappa shape index (κ3) is 2.49. The van der Waals surface area contributed by atoms with Crippen molar-refractivity contribution in [2.24, 2.45) is 56.7 Å². The number of ether oxygens (including phenoxy) is 1. The Morgan fingerprint density at radius 3 is 2.33 bits per heavy atom. The maximum Gasteiger partial charge on any atom is 0.334 e. The van der Waals surface area contributed by atoms with Crippen molar-refractivity contribution in [3.8, 4) is 0 Å². The zero-order valence-electron chi connectivity index (χ0n) is 21.9. The highest BCUT2D eigenvalue weighted by molar-refractivity contribution is 5.91. The van der Waals surface area contributed by atoms with Crippen molar-refractivity contribution in [2.75, 3.05) is 0 Å². The summed E-state index contributed by atoms with van der Waals surface area (Å²) in [5.41, 5.74) is 2.00. The van der Waals surface area contributed by atoms with Gasteiger partial charge in [-0.25, -0.2) is 4.79 Å². The van der Waals surface area contributed by atoms with Crippen LogP contribution in [0, 0.1) is 56.7 Å². The second-order valence-electron chi connectivity index (χ2n) is 14.9. The molecule has 0 radical (unpaired) electrons. The van der Waals surface area contributed by atoms with E-state index in [1.807, 2.05) is 0 Å². The maximum atomic E-state index is 12.4. The molecule has 3 heteroatoms. The van der Waals surface area contributed by atoms with E-state index < -0.39 is 0 Å². The summed E-state index contributed by atoms with van der Waals surface area (Å²) in [5.74, 6) is 2.63. The van der Waals surface area contributed by atoms with Crippen molar-refractivity contribution < 1.29 is 14.6 Å². The monoisotopic (exact) mass is 454 g/mol. The molecule has 0 spiro atoms. The SMILES string of the molecule is C=C1C(=O)O[C@@H]2C[C@]3(C)CC[C@]4(C)C(CC[C@@H]5[C@@]6(C)CC[C@H](O)C(C)(C)C6CC[C@]54C)C3[C@H]12. The fourth-order valence-electron chi connectivity index (χ4n) is 11.9. The van der Waals surface area contributed by atoms with Crippen LogP contribution in [-0.2, 0) is 9.53 Å². The zero-order chi connectivity index (χ0) is 23.8. The molecule has 184 valence electrons. The van der Waals surface area contributed by atoms with Crippen LogP contribution >= 0.6 is 0 Å². The Labute approximate surface area is 201 Å². The Hall–Kier alpha value is -0.830.